The molecule has 3 unspecified atom stereocenters. The maximum atomic E-state index is 11.9. The molecular formula is C13H18N5O13P3. The van der Waals surface area contributed by atoms with E-state index in [4.69, 9.17) is 25.8 Å². The van der Waals surface area contributed by atoms with Crippen molar-refractivity contribution in [3.05, 3.63) is 12.7 Å². The summed E-state index contributed by atoms with van der Waals surface area (Å²) in [6, 6.07) is 0. The summed E-state index contributed by atoms with van der Waals surface area (Å²) in [7, 11) is -16.7. The van der Waals surface area contributed by atoms with Crippen molar-refractivity contribution in [1.82, 2.24) is 19.5 Å². The normalized spacial score (nSPS) is 26.6. The Morgan fingerprint density at radius 1 is 1.09 bits per heavy atom. The molecule has 34 heavy (non-hydrogen) atoms. The third-order valence-electron chi connectivity index (χ3n) is 4.15. The third kappa shape index (κ3) is 6.45. The summed E-state index contributed by atoms with van der Waals surface area (Å²) < 4.78 is 52.2. The molecule has 3 heterocycles. The molecule has 2 aromatic rings. The molecule has 188 valence electrons. The minimum absolute atomic E-state index is 0.142. The molecule has 3 rings (SSSR count). The predicted molar refractivity (Wildman–Crippen MR) is 108 cm³/mol. The lowest BCUT2D eigenvalue weighted by molar-refractivity contribution is -0.0503. The van der Waals surface area contributed by atoms with Gasteiger partial charge in [0.2, 0.25) is 0 Å². The number of anilines is 1. The average molecular weight is 545 g/mol. The molecule has 0 saturated carbocycles. The number of fused-ring (bicyclic) bond motifs is 1. The fourth-order valence-corrected chi connectivity index (χ4v) is 5.90. The summed E-state index contributed by atoms with van der Waals surface area (Å²) in [5.74, 6) is 2.65. The van der Waals surface area contributed by atoms with Gasteiger partial charge in [-0.2, -0.15) is 8.62 Å². The lowest BCUT2D eigenvalue weighted by atomic mass is 10.1. The van der Waals surface area contributed by atoms with Gasteiger partial charge in [0.25, 0.3) is 0 Å². The van der Waals surface area contributed by atoms with Gasteiger partial charge in [0.05, 0.1) is 19.5 Å². The van der Waals surface area contributed by atoms with E-state index in [-0.39, 0.29) is 17.7 Å². The number of ether oxygens (including phenoxy) is 1. The van der Waals surface area contributed by atoms with Crippen LogP contribution < -0.4 is 5.32 Å². The van der Waals surface area contributed by atoms with E-state index in [1.54, 1.807) is 0 Å². The van der Waals surface area contributed by atoms with Gasteiger partial charge in [0.15, 0.2) is 23.2 Å². The second kappa shape index (κ2) is 10.1. The Bertz CT molecular complexity index is 1230. The number of phosphoric acid groups is 3. The molecular weight excluding hydrogens is 527 g/mol. The van der Waals surface area contributed by atoms with Crippen LogP contribution in [-0.2, 0) is 31.6 Å². The first kappa shape index (κ1) is 26.8. The first-order valence-corrected chi connectivity index (χ1v) is 13.4. The highest BCUT2D eigenvalue weighted by molar-refractivity contribution is 7.66. The van der Waals surface area contributed by atoms with Gasteiger partial charge in [-0.25, -0.2) is 28.6 Å². The van der Waals surface area contributed by atoms with Gasteiger partial charge in [-0.05, 0) is 0 Å². The van der Waals surface area contributed by atoms with Crippen molar-refractivity contribution in [2.24, 2.45) is 0 Å². The lowest BCUT2D eigenvalue weighted by Gasteiger charge is -2.19. The van der Waals surface area contributed by atoms with Crippen LogP contribution in [0.25, 0.3) is 11.2 Å². The quantitative estimate of drug-likeness (QED) is 0.137. The third-order valence-corrected chi connectivity index (χ3v) is 7.95. The van der Waals surface area contributed by atoms with Gasteiger partial charge in [-0.1, -0.05) is 5.92 Å². The number of imidazole rings is 1. The Balaban J connectivity index is 1.71. The van der Waals surface area contributed by atoms with Gasteiger partial charge in [-0.3, -0.25) is 9.09 Å². The summed E-state index contributed by atoms with van der Waals surface area (Å²) in [6.45, 7) is -0.822. The SMILES string of the molecule is C#CCNc1ncnc2c1ncn2C1O[C@H](COP(=O)(O)OP(=O)(O)OP(=O)(O)O)[C@@H](O)[C@H]1O. The molecule has 1 aliphatic heterocycles. The Kier molecular flexibility index (Phi) is 7.92. The molecule has 1 fully saturated rings. The van der Waals surface area contributed by atoms with Crippen LogP contribution in [0.3, 0.4) is 0 Å². The van der Waals surface area contributed by atoms with E-state index < -0.39 is 54.6 Å². The number of nitrogens with zero attached hydrogens (tertiary/aromatic N) is 4. The number of phosphoric ester groups is 1. The number of hydrogen-bond donors (Lipinski definition) is 7. The Morgan fingerprint density at radius 3 is 2.44 bits per heavy atom. The van der Waals surface area contributed by atoms with Crippen molar-refractivity contribution in [3.8, 4) is 12.3 Å². The smallest absolute Gasteiger partial charge is 0.387 e. The van der Waals surface area contributed by atoms with E-state index in [9.17, 15) is 28.8 Å². The zero-order valence-electron chi connectivity index (χ0n) is 16.6. The molecule has 7 N–H and O–H groups in total. The van der Waals surface area contributed by atoms with Crippen molar-refractivity contribution in [2.45, 2.75) is 24.5 Å². The number of aliphatic hydroxyl groups excluding tert-OH is 2. The first-order valence-electron chi connectivity index (χ1n) is 8.88. The van der Waals surface area contributed by atoms with Gasteiger partial charge < -0.3 is 39.8 Å². The second-order valence-electron chi connectivity index (χ2n) is 6.54. The second-order valence-corrected chi connectivity index (χ2v) is 11.0. The van der Waals surface area contributed by atoms with Crippen LogP contribution in [0.2, 0.25) is 0 Å². The molecule has 0 aliphatic carbocycles. The molecule has 0 spiro atoms. The standard InChI is InChI=1S/C13H18N5O13P3/c1-2-3-14-11-8-12(16-5-15-11)18(6-17-8)13-10(20)9(19)7(29-13)4-28-33(24,25)31-34(26,27)30-32(21,22)23/h1,5-7,9-10,13,19-20H,3-4H2,(H,24,25)(H,26,27)(H,14,15,16)(H2,21,22,23)/t7-,9-,10-,13?/m1/s1. The summed E-state index contributed by atoms with van der Waals surface area (Å²) in [4.78, 5) is 47.9. The molecule has 0 radical (unpaired) electrons. The molecule has 1 saturated heterocycles. The summed E-state index contributed by atoms with van der Waals surface area (Å²) in [5, 5.41) is 23.5. The molecule has 6 atom stereocenters. The van der Waals surface area contributed by atoms with Crippen molar-refractivity contribution < 1.29 is 61.4 Å². The molecule has 0 bridgehead atoms. The first-order chi connectivity index (χ1) is 15.7. The average Bonchev–Trinajstić information content (AvgIpc) is 3.24. The summed E-state index contributed by atoms with van der Waals surface area (Å²) in [6.07, 6.45) is 1.55. The fourth-order valence-electron chi connectivity index (χ4n) is 2.87. The van der Waals surface area contributed by atoms with E-state index in [0.29, 0.717) is 5.82 Å². The van der Waals surface area contributed by atoms with E-state index >= 15 is 0 Å². The maximum Gasteiger partial charge on any atom is 0.490 e. The number of nitrogens with one attached hydrogen (secondary N) is 1. The van der Waals surface area contributed by atoms with Crippen LogP contribution in [-0.4, -0.2) is 80.8 Å². The van der Waals surface area contributed by atoms with E-state index in [1.165, 1.54) is 17.2 Å². The minimum atomic E-state index is -5.72. The lowest BCUT2D eigenvalue weighted by Crippen LogP contribution is -2.33. The van der Waals surface area contributed by atoms with Gasteiger partial charge in [0.1, 0.15) is 24.6 Å². The maximum absolute atomic E-state index is 11.9. The molecule has 1 aliphatic rings. The highest BCUT2D eigenvalue weighted by Crippen LogP contribution is 2.66. The molecule has 21 heteroatoms. The van der Waals surface area contributed by atoms with Gasteiger partial charge in [0, 0.05) is 0 Å². The van der Waals surface area contributed by atoms with Crippen LogP contribution in [0.1, 0.15) is 6.23 Å². The zero-order chi connectivity index (χ0) is 25.3. The number of rotatable bonds is 10. The number of aliphatic hydroxyl groups is 2. The van der Waals surface area contributed by atoms with Crippen molar-refractivity contribution in [2.75, 3.05) is 18.5 Å². The Morgan fingerprint density at radius 2 is 1.79 bits per heavy atom. The van der Waals surface area contributed by atoms with Crippen LogP contribution in [0, 0.1) is 12.3 Å². The van der Waals surface area contributed by atoms with Gasteiger partial charge >= 0.3 is 23.5 Å². The van der Waals surface area contributed by atoms with E-state index in [1.807, 2.05) is 0 Å². The molecule has 2 aromatic heterocycles. The largest absolute Gasteiger partial charge is 0.490 e. The van der Waals surface area contributed by atoms with E-state index in [0.717, 1.165) is 0 Å². The molecule has 0 amide bonds. The Labute approximate surface area is 190 Å². The minimum Gasteiger partial charge on any atom is -0.387 e. The van der Waals surface area contributed by atoms with Crippen LogP contribution >= 0.6 is 23.5 Å². The van der Waals surface area contributed by atoms with Gasteiger partial charge in [-0.15, -0.1) is 6.42 Å². The Hall–Kier alpha value is -1.80. The van der Waals surface area contributed by atoms with E-state index in [2.05, 4.69) is 39.3 Å². The van der Waals surface area contributed by atoms with Crippen molar-refractivity contribution in [3.63, 3.8) is 0 Å². The molecule has 18 nitrogen and oxygen atoms in total. The van der Waals surface area contributed by atoms with Crippen LogP contribution in [0.5, 0.6) is 0 Å². The predicted octanol–water partition coefficient (Wildman–Crippen LogP) is -1.17. The topological polar surface area (TPSA) is 265 Å². The highest BCUT2D eigenvalue weighted by atomic mass is 31.3. The summed E-state index contributed by atoms with van der Waals surface area (Å²) >= 11 is 0. The van der Waals surface area contributed by atoms with Crippen molar-refractivity contribution in [1.29, 1.82) is 0 Å². The number of hydrogen-bond acceptors (Lipinski definition) is 13. The fraction of sp³-hybridized carbons (Fsp3) is 0.462. The number of aromatic nitrogens is 4. The highest BCUT2D eigenvalue weighted by Gasteiger charge is 2.47. The molecule has 0 aromatic carbocycles. The zero-order valence-corrected chi connectivity index (χ0v) is 19.3. The van der Waals surface area contributed by atoms with Crippen molar-refractivity contribution >= 4 is 40.4 Å². The van der Waals surface area contributed by atoms with Crippen LogP contribution in [0.4, 0.5) is 5.82 Å². The monoisotopic (exact) mass is 545 g/mol. The summed E-state index contributed by atoms with van der Waals surface area (Å²) in [5.41, 5.74) is 0.444. The van der Waals surface area contributed by atoms with Crippen LogP contribution in [0.15, 0.2) is 12.7 Å². The number of terminal acetylenes is 1.